The van der Waals surface area contributed by atoms with E-state index in [1.54, 1.807) is 12.1 Å². The van der Waals surface area contributed by atoms with Gasteiger partial charge in [0.2, 0.25) is 17.8 Å². The lowest BCUT2D eigenvalue weighted by atomic mass is 10.3. The first-order valence-electron chi connectivity index (χ1n) is 6.41. The molecule has 6 heteroatoms. The van der Waals surface area contributed by atoms with Crippen LogP contribution in [0.5, 0.6) is 11.6 Å². The first-order chi connectivity index (χ1) is 9.81. The van der Waals surface area contributed by atoms with E-state index in [9.17, 15) is 4.39 Å². The molecule has 0 spiro atoms. The number of para-hydroxylation sites is 1. The molecule has 1 aromatic carbocycles. The normalized spacial score (nSPS) is 15.2. The summed E-state index contributed by atoms with van der Waals surface area (Å²) in [4.78, 5) is 9.94. The number of nitrogens with zero attached hydrogens (tertiary/aromatic N) is 3. The molecule has 0 N–H and O–H groups in total. The highest BCUT2D eigenvalue weighted by Crippen LogP contribution is 2.22. The fourth-order valence-corrected chi connectivity index (χ4v) is 1.95. The van der Waals surface area contributed by atoms with Crippen molar-refractivity contribution in [1.29, 1.82) is 0 Å². The quantitative estimate of drug-likeness (QED) is 0.804. The lowest BCUT2D eigenvalue weighted by Crippen LogP contribution is -2.37. The van der Waals surface area contributed by atoms with Gasteiger partial charge in [-0.15, -0.1) is 0 Å². The van der Waals surface area contributed by atoms with Gasteiger partial charge < -0.3 is 14.4 Å². The highest BCUT2D eigenvalue weighted by molar-refractivity contribution is 5.34. The summed E-state index contributed by atoms with van der Waals surface area (Å²) >= 11 is 0. The molecule has 0 atom stereocenters. The second-order valence-electron chi connectivity index (χ2n) is 4.34. The van der Waals surface area contributed by atoms with Gasteiger partial charge in [-0.3, -0.25) is 0 Å². The highest BCUT2D eigenvalue weighted by atomic mass is 19.1. The van der Waals surface area contributed by atoms with Crippen molar-refractivity contribution in [3.05, 3.63) is 42.3 Å². The van der Waals surface area contributed by atoms with Crippen LogP contribution in [0.15, 0.2) is 36.4 Å². The molecule has 2 heterocycles. The fourth-order valence-electron chi connectivity index (χ4n) is 1.95. The van der Waals surface area contributed by atoms with E-state index in [4.69, 9.17) is 9.47 Å². The number of halogens is 1. The maximum Gasteiger partial charge on any atom is 0.231 e. The average molecular weight is 275 g/mol. The molecule has 1 aromatic heterocycles. The SMILES string of the molecule is Fc1cc(Oc2ccccc2)nc(N2CCOCC2)n1. The van der Waals surface area contributed by atoms with Gasteiger partial charge in [0.1, 0.15) is 5.75 Å². The Kier molecular flexibility index (Phi) is 3.73. The third-order valence-electron chi connectivity index (χ3n) is 2.92. The van der Waals surface area contributed by atoms with Gasteiger partial charge >= 0.3 is 0 Å². The Bertz CT molecular complexity index is 574. The number of hydrogen-bond acceptors (Lipinski definition) is 5. The van der Waals surface area contributed by atoms with E-state index in [0.29, 0.717) is 38.0 Å². The van der Waals surface area contributed by atoms with Crippen LogP contribution in [0.1, 0.15) is 0 Å². The first-order valence-corrected chi connectivity index (χ1v) is 6.41. The van der Waals surface area contributed by atoms with Crippen LogP contribution < -0.4 is 9.64 Å². The van der Waals surface area contributed by atoms with E-state index < -0.39 is 5.95 Å². The van der Waals surface area contributed by atoms with Crippen LogP contribution in [0.25, 0.3) is 0 Å². The fraction of sp³-hybridized carbons (Fsp3) is 0.286. The van der Waals surface area contributed by atoms with Gasteiger partial charge in [0, 0.05) is 13.1 Å². The van der Waals surface area contributed by atoms with Crippen LogP contribution in [0.3, 0.4) is 0 Å². The van der Waals surface area contributed by atoms with Crippen molar-refractivity contribution in [2.45, 2.75) is 0 Å². The van der Waals surface area contributed by atoms with Gasteiger partial charge in [0.15, 0.2) is 0 Å². The second-order valence-corrected chi connectivity index (χ2v) is 4.34. The number of ether oxygens (including phenoxy) is 2. The Balaban J connectivity index is 1.82. The molecule has 1 aliphatic heterocycles. The molecule has 104 valence electrons. The minimum Gasteiger partial charge on any atom is -0.439 e. The Morgan fingerprint density at radius 1 is 1.10 bits per heavy atom. The number of hydrogen-bond donors (Lipinski definition) is 0. The van der Waals surface area contributed by atoms with E-state index in [1.807, 2.05) is 23.1 Å². The smallest absolute Gasteiger partial charge is 0.231 e. The standard InChI is InChI=1S/C14H14FN3O2/c15-12-10-13(20-11-4-2-1-3-5-11)17-14(16-12)18-6-8-19-9-7-18/h1-5,10H,6-9H2. The first kappa shape index (κ1) is 12.8. The molecule has 20 heavy (non-hydrogen) atoms. The molecular formula is C14H14FN3O2. The topological polar surface area (TPSA) is 47.5 Å². The van der Waals surface area contributed by atoms with Crippen molar-refractivity contribution in [3.63, 3.8) is 0 Å². The van der Waals surface area contributed by atoms with Crippen molar-refractivity contribution in [2.24, 2.45) is 0 Å². The zero-order valence-electron chi connectivity index (χ0n) is 10.8. The Hall–Kier alpha value is -2.21. The maximum atomic E-state index is 13.6. The number of aromatic nitrogens is 2. The molecule has 0 radical (unpaired) electrons. The van der Waals surface area contributed by atoms with Crippen molar-refractivity contribution in [3.8, 4) is 11.6 Å². The molecule has 1 saturated heterocycles. The summed E-state index contributed by atoms with van der Waals surface area (Å²) in [7, 11) is 0. The summed E-state index contributed by atoms with van der Waals surface area (Å²) in [5, 5.41) is 0. The van der Waals surface area contributed by atoms with E-state index in [0.717, 1.165) is 0 Å². The predicted molar refractivity (Wildman–Crippen MR) is 71.5 cm³/mol. The number of benzene rings is 1. The van der Waals surface area contributed by atoms with E-state index in [2.05, 4.69) is 9.97 Å². The van der Waals surface area contributed by atoms with Crippen molar-refractivity contribution >= 4 is 5.95 Å². The molecule has 1 aliphatic rings. The summed E-state index contributed by atoms with van der Waals surface area (Å²) in [5.41, 5.74) is 0. The molecule has 2 aromatic rings. The number of anilines is 1. The van der Waals surface area contributed by atoms with E-state index >= 15 is 0 Å². The Labute approximate surface area is 116 Å². The summed E-state index contributed by atoms with van der Waals surface area (Å²) in [6, 6.07) is 10.3. The second kappa shape index (κ2) is 5.83. The number of rotatable bonds is 3. The van der Waals surface area contributed by atoms with Crippen molar-refractivity contribution in [2.75, 3.05) is 31.2 Å². The monoisotopic (exact) mass is 275 g/mol. The molecule has 5 nitrogen and oxygen atoms in total. The van der Waals surface area contributed by atoms with Crippen LogP contribution in [-0.4, -0.2) is 36.3 Å². The number of morpholine rings is 1. The molecule has 1 fully saturated rings. The lowest BCUT2D eigenvalue weighted by Gasteiger charge is -2.26. The summed E-state index contributed by atoms with van der Waals surface area (Å²) in [6.45, 7) is 2.48. The molecular weight excluding hydrogens is 261 g/mol. The van der Waals surface area contributed by atoms with Gasteiger partial charge in [-0.2, -0.15) is 14.4 Å². The van der Waals surface area contributed by atoms with Crippen LogP contribution in [0, 0.1) is 5.95 Å². The Morgan fingerprint density at radius 2 is 1.85 bits per heavy atom. The van der Waals surface area contributed by atoms with Gasteiger partial charge in [0.05, 0.1) is 19.3 Å². The predicted octanol–water partition coefficient (Wildman–Crippen LogP) is 2.24. The highest BCUT2D eigenvalue weighted by Gasteiger charge is 2.16. The van der Waals surface area contributed by atoms with E-state index in [-0.39, 0.29) is 5.88 Å². The maximum absolute atomic E-state index is 13.6. The summed E-state index contributed by atoms with van der Waals surface area (Å²) < 4.78 is 24.4. The zero-order chi connectivity index (χ0) is 13.8. The minimum absolute atomic E-state index is 0.199. The molecule has 0 amide bonds. The van der Waals surface area contributed by atoms with Crippen LogP contribution in [0.2, 0.25) is 0 Å². The molecule has 0 unspecified atom stereocenters. The summed E-state index contributed by atoms with van der Waals surface area (Å²) in [6.07, 6.45) is 0. The van der Waals surface area contributed by atoms with Crippen LogP contribution >= 0.6 is 0 Å². The van der Waals surface area contributed by atoms with Crippen LogP contribution in [0.4, 0.5) is 10.3 Å². The third-order valence-corrected chi connectivity index (χ3v) is 2.92. The average Bonchev–Trinajstić information content (AvgIpc) is 2.49. The van der Waals surface area contributed by atoms with Crippen LogP contribution in [-0.2, 0) is 4.74 Å². The van der Waals surface area contributed by atoms with Gasteiger partial charge in [-0.1, -0.05) is 18.2 Å². The zero-order valence-corrected chi connectivity index (χ0v) is 10.8. The molecule has 0 aliphatic carbocycles. The summed E-state index contributed by atoms with van der Waals surface area (Å²) in [5.74, 6) is 0.537. The minimum atomic E-state index is -0.604. The molecule has 3 rings (SSSR count). The largest absolute Gasteiger partial charge is 0.439 e. The lowest BCUT2D eigenvalue weighted by molar-refractivity contribution is 0.122. The van der Waals surface area contributed by atoms with E-state index in [1.165, 1.54) is 6.07 Å². The van der Waals surface area contributed by atoms with Crippen molar-refractivity contribution in [1.82, 2.24) is 9.97 Å². The Morgan fingerprint density at radius 3 is 2.60 bits per heavy atom. The van der Waals surface area contributed by atoms with Gasteiger partial charge in [0.25, 0.3) is 0 Å². The van der Waals surface area contributed by atoms with Crippen molar-refractivity contribution < 1.29 is 13.9 Å². The van der Waals surface area contributed by atoms with Gasteiger partial charge in [-0.05, 0) is 12.1 Å². The molecule has 0 bridgehead atoms. The molecule has 0 saturated carbocycles. The van der Waals surface area contributed by atoms with Gasteiger partial charge in [-0.25, -0.2) is 0 Å². The third kappa shape index (κ3) is 3.03.